The maximum absolute atomic E-state index is 11.9. The molecule has 2 unspecified atom stereocenters. The fraction of sp³-hybridized carbons (Fsp3) is 1.00. The maximum atomic E-state index is 11.9. The van der Waals surface area contributed by atoms with Gasteiger partial charge in [0.1, 0.15) is 6.10 Å². The van der Waals surface area contributed by atoms with E-state index >= 15 is 0 Å². The molecule has 1 rings (SSSR count). The number of hydrogen-bond acceptors (Lipinski definition) is 2. The van der Waals surface area contributed by atoms with Crippen molar-refractivity contribution in [1.29, 1.82) is 0 Å². The van der Waals surface area contributed by atoms with Crippen molar-refractivity contribution in [2.45, 2.75) is 31.5 Å². The molecule has 0 aromatic carbocycles. The van der Waals surface area contributed by atoms with E-state index in [-0.39, 0.29) is 12.3 Å². The van der Waals surface area contributed by atoms with E-state index < -0.39 is 12.3 Å². The van der Waals surface area contributed by atoms with E-state index in [4.69, 9.17) is 5.11 Å². The average molecular weight is 214 g/mol. The zero-order chi connectivity index (χ0) is 9.90. The fourth-order valence-corrected chi connectivity index (χ4v) is 2.62. The average Bonchev–Trinajstić information content (AvgIpc) is 2.04. The van der Waals surface area contributed by atoms with Crippen molar-refractivity contribution < 1.29 is 18.3 Å². The first-order chi connectivity index (χ1) is 6.00. The van der Waals surface area contributed by atoms with E-state index in [1.807, 2.05) is 0 Å². The van der Waals surface area contributed by atoms with Gasteiger partial charge in [0.15, 0.2) is 0 Å². The molecule has 1 fully saturated rings. The van der Waals surface area contributed by atoms with Crippen molar-refractivity contribution in [2.24, 2.45) is 5.92 Å². The van der Waals surface area contributed by atoms with Crippen LogP contribution in [-0.4, -0.2) is 28.9 Å². The lowest BCUT2D eigenvalue weighted by molar-refractivity contribution is -0.208. The summed E-state index contributed by atoms with van der Waals surface area (Å²) in [6.07, 6.45) is -4.91. The summed E-state index contributed by atoms with van der Waals surface area (Å²) in [6, 6.07) is 0. The van der Waals surface area contributed by atoms with Crippen LogP contribution < -0.4 is 0 Å². The van der Waals surface area contributed by atoms with Crippen molar-refractivity contribution >= 4 is 11.8 Å². The van der Waals surface area contributed by atoms with Gasteiger partial charge in [0, 0.05) is 0 Å². The van der Waals surface area contributed by atoms with Gasteiger partial charge in [-0.2, -0.15) is 24.9 Å². The van der Waals surface area contributed by atoms with Crippen LogP contribution in [0.5, 0.6) is 0 Å². The molecule has 5 heteroatoms. The van der Waals surface area contributed by atoms with Gasteiger partial charge in [-0.05, 0) is 36.7 Å². The zero-order valence-corrected chi connectivity index (χ0v) is 8.00. The highest BCUT2D eigenvalue weighted by atomic mass is 32.2. The van der Waals surface area contributed by atoms with E-state index in [9.17, 15) is 13.2 Å². The van der Waals surface area contributed by atoms with Crippen molar-refractivity contribution in [3.8, 4) is 0 Å². The van der Waals surface area contributed by atoms with Crippen LogP contribution in [0.4, 0.5) is 13.2 Å². The highest BCUT2D eigenvalue weighted by Gasteiger charge is 2.39. The predicted molar refractivity (Wildman–Crippen MR) is 46.7 cm³/mol. The van der Waals surface area contributed by atoms with Crippen LogP contribution in [-0.2, 0) is 0 Å². The minimum atomic E-state index is -4.44. The Kier molecular flexibility index (Phi) is 3.91. The molecule has 13 heavy (non-hydrogen) atoms. The SMILES string of the molecule is OC(CC1CCCSC1)C(F)(F)F. The molecule has 1 heterocycles. The standard InChI is InChI=1S/C8H13F3OS/c9-8(10,11)7(12)4-6-2-1-3-13-5-6/h6-7,12H,1-5H2. The normalized spacial score (nSPS) is 27.2. The summed E-state index contributed by atoms with van der Waals surface area (Å²) in [5.74, 6) is 1.83. The van der Waals surface area contributed by atoms with Gasteiger partial charge < -0.3 is 5.11 Å². The van der Waals surface area contributed by atoms with Crippen molar-refractivity contribution in [1.82, 2.24) is 0 Å². The highest BCUT2D eigenvalue weighted by molar-refractivity contribution is 7.99. The third-order valence-corrected chi connectivity index (χ3v) is 3.47. The van der Waals surface area contributed by atoms with Gasteiger partial charge in [-0.15, -0.1) is 0 Å². The van der Waals surface area contributed by atoms with Crippen molar-refractivity contribution in [3.63, 3.8) is 0 Å². The van der Waals surface area contributed by atoms with Gasteiger partial charge in [0.05, 0.1) is 0 Å². The summed E-state index contributed by atoms with van der Waals surface area (Å²) in [4.78, 5) is 0. The first-order valence-corrected chi connectivity index (χ1v) is 5.48. The van der Waals surface area contributed by atoms with Gasteiger partial charge >= 0.3 is 6.18 Å². The van der Waals surface area contributed by atoms with Gasteiger partial charge in [-0.25, -0.2) is 0 Å². The molecular formula is C8H13F3OS. The Morgan fingerprint density at radius 2 is 2.15 bits per heavy atom. The first kappa shape index (κ1) is 11.2. The molecule has 1 aliphatic rings. The largest absolute Gasteiger partial charge is 0.414 e. The first-order valence-electron chi connectivity index (χ1n) is 4.32. The molecule has 0 aromatic heterocycles. The second-order valence-electron chi connectivity index (χ2n) is 3.38. The van der Waals surface area contributed by atoms with Gasteiger partial charge in [-0.3, -0.25) is 0 Å². The van der Waals surface area contributed by atoms with Crippen molar-refractivity contribution in [3.05, 3.63) is 0 Å². The Labute approximate surface area is 79.7 Å². The van der Waals surface area contributed by atoms with E-state index in [1.54, 1.807) is 11.8 Å². The smallest absolute Gasteiger partial charge is 0.384 e. The molecule has 0 bridgehead atoms. The summed E-state index contributed by atoms with van der Waals surface area (Å²) >= 11 is 1.68. The van der Waals surface area contributed by atoms with E-state index in [0.717, 1.165) is 24.3 Å². The summed E-state index contributed by atoms with van der Waals surface area (Å²) in [7, 11) is 0. The summed E-state index contributed by atoms with van der Waals surface area (Å²) in [5.41, 5.74) is 0. The molecule has 0 spiro atoms. The number of hydrogen-bond donors (Lipinski definition) is 1. The minimum absolute atomic E-state index is 0.0374. The lowest BCUT2D eigenvalue weighted by atomic mass is 9.98. The second-order valence-corrected chi connectivity index (χ2v) is 4.53. The Morgan fingerprint density at radius 3 is 2.62 bits per heavy atom. The van der Waals surface area contributed by atoms with E-state index in [0.29, 0.717) is 0 Å². The third kappa shape index (κ3) is 3.77. The number of alkyl halides is 3. The predicted octanol–water partition coefficient (Wildman–Crippen LogP) is 2.44. The number of rotatable bonds is 2. The second kappa shape index (κ2) is 4.55. The summed E-state index contributed by atoms with van der Waals surface area (Å²) < 4.78 is 35.8. The number of thioether (sulfide) groups is 1. The van der Waals surface area contributed by atoms with Gasteiger partial charge in [-0.1, -0.05) is 0 Å². The van der Waals surface area contributed by atoms with Crippen LogP contribution in [0, 0.1) is 5.92 Å². The van der Waals surface area contributed by atoms with Crippen LogP contribution in [0.15, 0.2) is 0 Å². The third-order valence-electron chi connectivity index (χ3n) is 2.19. The molecular weight excluding hydrogens is 201 g/mol. The molecule has 0 saturated carbocycles. The van der Waals surface area contributed by atoms with Crippen molar-refractivity contribution in [2.75, 3.05) is 11.5 Å². The molecule has 2 atom stereocenters. The molecule has 1 aliphatic heterocycles. The summed E-state index contributed by atoms with van der Waals surface area (Å²) in [6.45, 7) is 0. The Bertz CT molecular complexity index is 154. The van der Waals surface area contributed by atoms with Crippen LogP contribution in [0.3, 0.4) is 0 Å². The lowest BCUT2D eigenvalue weighted by Crippen LogP contribution is -2.31. The number of aliphatic hydroxyl groups excluding tert-OH is 1. The zero-order valence-electron chi connectivity index (χ0n) is 7.18. The van der Waals surface area contributed by atoms with Crippen LogP contribution >= 0.6 is 11.8 Å². The summed E-state index contributed by atoms with van der Waals surface area (Å²) in [5, 5.41) is 8.80. The van der Waals surface area contributed by atoms with E-state index in [1.165, 1.54) is 0 Å². The highest BCUT2D eigenvalue weighted by Crippen LogP contribution is 2.31. The maximum Gasteiger partial charge on any atom is 0.414 e. The van der Waals surface area contributed by atoms with Gasteiger partial charge in [0.25, 0.3) is 0 Å². The molecule has 1 saturated heterocycles. The number of aliphatic hydroxyl groups is 1. The molecule has 0 aromatic rings. The van der Waals surface area contributed by atoms with E-state index in [2.05, 4.69) is 0 Å². The molecule has 0 radical (unpaired) electrons. The molecule has 0 aliphatic carbocycles. The van der Waals surface area contributed by atoms with Crippen LogP contribution in [0.2, 0.25) is 0 Å². The molecule has 1 N–H and O–H groups in total. The lowest BCUT2D eigenvalue weighted by Gasteiger charge is -2.24. The topological polar surface area (TPSA) is 20.2 Å². The quantitative estimate of drug-likeness (QED) is 0.762. The van der Waals surface area contributed by atoms with Gasteiger partial charge in [0.2, 0.25) is 0 Å². The van der Waals surface area contributed by atoms with Crippen LogP contribution in [0.1, 0.15) is 19.3 Å². The Balaban J connectivity index is 2.30. The minimum Gasteiger partial charge on any atom is -0.384 e. The molecule has 78 valence electrons. The monoisotopic (exact) mass is 214 g/mol. The fourth-order valence-electron chi connectivity index (χ4n) is 1.44. The Hall–Kier alpha value is 0.100. The van der Waals surface area contributed by atoms with Crippen LogP contribution in [0.25, 0.3) is 0 Å². The number of halogens is 3. The molecule has 0 amide bonds. The Morgan fingerprint density at radius 1 is 1.46 bits per heavy atom. The molecule has 1 nitrogen and oxygen atoms in total.